The zero-order chi connectivity index (χ0) is 11.3. The molecular formula is C9H18N2O3S. The Morgan fingerprint density at radius 1 is 1.47 bits per heavy atom. The first-order chi connectivity index (χ1) is 7.11. The van der Waals surface area contributed by atoms with Crippen LogP contribution in [0.25, 0.3) is 0 Å². The lowest BCUT2D eigenvalue weighted by molar-refractivity contribution is -0.111. The molecule has 1 fully saturated rings. The molecule has 5 nitrogen and oxygen atoms in total. The van der Waals surface area contributed by atoms with Gasteiger partial charge < -0.3 is 4.79 Å². The molecule has 1 N–H and O–H groups in total. The minimum absolute atomic E-state index is 0.421. The van der Waals surface area contributed by atoms with Crippen molar-refractivity contribution in [2.75, 3.05) is 13.1 Å². The summed E-state index contributed by atoms with van der Waals surface area (Å²) in [5.41, 5.74) is 0. The number of carbonyl (C=O) groups excluding carboxylic acids is 1. The molecule has 1 rings (SSSR count). The summed E-state index contributed by atoms with van der Waals surface area (Å²) < 4.78 is 27.3. The van der Waals surface area contributed by atoms with E-state index < -0.39 is 16.3 Å². The zero-order valence-electron chi connectivity index (χ0n) is 8.98. The second kappa shape index (κ2) is 5.58. The van der Waals surface area contributed by atoms with Crippen molar-refractivity contribution in [3.05, 3.63) is 0 Å². The van der Waals surface area contributed by atoms with Crippen LogP contribution in [0.5, 0.6) is 0 Å². The number of piperidine rings is 1. The molecule has 0 bridgehead atoms. The molecule has 6 heteroatoms. The van der Waals surface area contributed by atoms with Gasteiger partial charge in [0.15, 0.2) is 0 Å². The second-order valence-electron chi connectivity index (χ2n) is 3.71. The van der Waals surface area contributed by atoms with Crippen LogP contribution in [0.4, 0.5) is 0 Å². The molecule has 1 aliphatic heterocycles. The highest BCUT2D eigenvalue weighted by atomic mass is 32.2. The van der Waals surface area contributed by atoms with Crippen LogP contribution in [-0.2, 0) is 15.0 Å². The van der Waals surface area contributed by atoms with Crippen LogP contribution >= 0.6 is 0 Å². The van der Waals surface area contributed by atoms with Gasteiger partial charge in [0, 0.05) is 13.1 Å². The first-order valence-corrected chi connectivity index (χ1v) is 6.77. The summed E-state index contributed by atoms with van der Waals surface area (Å²) in [6.07, 6.45) is 3.86. The molecular weight excluding hydrogens is 216 g/mol. The van der Waals surface area contributed by atoms with Crippen molar-refractivity contribution >= 4 is 16.5 Å². The van der Waals surface area contributed by atoms with E-state index in [4.69, 9.17) is 0 Å². The van der Waals surface area contributed by atoms with E-state index in [2.05, 4.69) is 4.72 Å². The van der Waals surface area contributed by atoms with Crippen LogP contribution in [0, 0.1) is 0 Å². The molecule has 15 heavy (non-hydrogen) atoms. The smallest absolute Gasteiger partial charge is 0.280 e. The summed E-state index contributed by atoms with van der Waals surface area (Å²) in [6.45, 7) is 2.77. The lowest BCUT2D eigenvalue weighted by Crippen LogP contribution is -2.49. The van der Waals surface area contributed by atoms with E-state index in [9.17, 15) is 13.2 Å². The summed E-state index contributed by atoms with van der Waals surface area (Å²) in [5, 5.41) is 0. The van der Waals surface area contributed by atoms with Gasteiger partial charge >= 0.3 is 0 Å². The van der Waals surface area contributed by atoms with E-state index in [1.165, 1.54) is 4.31 Å². The predicted molar refractivity (Wildman–Crippen MR) is 57.6 cm³/mol. The Hall–Kier alpha value is -0.460. The van der Waals surface area contributed by atoms with E-state index in [1.807, 2.05) is 6.92 Å². The van der Waals surface area contributed by atoms with Gasteiger partial charge in [0.1, 0.15) is 6.29 Å². The summed E-state index contributed by atoms with van der Waals surface area (Å²) in [6, 6.07) is -0.479. The van der Waals surface area contributed by atoms with Crippen molar-refractivity contribution in [3.63, 3.8) is 0 Å². The Balaban J connectivity index is 2.70. The summed E-state index contributed by atoms with van der Waals surface area (Å²) in [5.74, 6) is 0. The van der Waals surface area contributed by atoms with Crippen molar-refractivity contribution in [2.24, 2.45) is 0 Å². The highest BCUT2D eigenvalue weighted by molar-refractivity contribution is 7.87. The largest absolute Gasteiger partial charge is 0.302 e. The van der Waals surface area contributed by atoms with Gasteiger partial charge in [-0.3, -0.25) is 0 Å². The second-order valence-corrected chi connectivity index (χ2v) is 5.42. The molecule has 0 aromatic rings. The van der Waals surface area contributed by atoms with Crippen LogP contribution < -0.4 is 4.72 Å². The first-order valence-electron chi connectivity index (χ1n) is 5.33. The minimum Gasteiger partial charge on any atom is -0.302 e. The minimum atomic E-state index is -3.45. The third-order valence-corrected chi connectivity index (χ3v) is 4.14. The fourth-order valence-electron chi connectivity index (χ4n) is 1.68. The predicted octanol–water partition coefficient (Wildman–Crippen LogP) is 0.284. The van der Waals surface area contributed by atoms with E-state index in [0.717, 1.165) is 25.5 Å². The van der Waals surface area contributed by atoms with Gasteiger partial charge in [0.25, 0.3) is 10.2 Å². The number of nitrogens with one attached hydrogen (secondary N) is 1. The topological polar surface area (TPSA) is 66.5 Å². The molecule has 0 spiro atoms. The van der Waals surface area contributed by atoms with E-state index >= 15 is 0 Å². The summed E-state index contributed by atoms with van der Waals surface area (Å²) in [7, 11) is -3.45. The summed E-state index contributed by atoms with van der Waals surface area (Å²) >= 11 is 0. The highest BCUT2D eigenvalue weighted by Crippen LogP contribution is 2.17. The van der Waals surface area contributed by atoms with Gasteiger partial charge in [0.05, 0.1) is 6.04 Å². The molecule has 1 heterocycles. The molecule has 1 saturated heterocycles. The van der Waals surface area contributed by atoms with Gasteiger partial charge in [0.2, 0.25) is 0 Å². The number of aldehydes is 1. The number of nitrogens with zero attached hydrogens (tertiary/aromatic N) is 1. The van der Waals surface area contributed by atoms with Crippen molar-refractivity contribution in [3.8, 4) is 0 Å². The molecule has 0 radical (unpaired) electrons. The fourth-order valence-corrected chi connectivity index (χ4v) is 3.19. The van der Waals surface area contributed by atoms with Crippen LogP contribution in [-0.4, -0.2) is 38.1 Å². The Bertz CT molecular complexity index is 302. The number of rotatable bonds is 5. The molecule has 0 aliphatic carbocycles. The van der Waals surface area contributed by atoms with Gasteiger partial charge in [-0.25, -0.2) is 4.72 Å². The van der Waals surface area contributed by atoms with E-state index in [1.54, 1.807) is 0 Å². The Morgan fingerprint density at radius 3 is 2.80 bits per heavy atom. The van der Waals surface area contributed by atoms with Crippen molar-refractivity contribution < 1.29 is 13.2 Å². The molecule has 1 unspecified atom stereocenters. The van der Waals surface area contributed by atoms with Crippen LogP contribution in [0.2, 0.25) is 0 Å². The number of hydrogen-bond donors (Lipinski definition) is 1. The lowest BCUT2D eigenvalue weighted by atomic mass is 10.1. The average molecular weight is 234 g/mol. The molecule has 0 aromatic heterocycles. The maximum atomic E-state index is 11.8. The van der Waals surface area contributed by atoms with Crippen molar-refractivity contribution in [2.45, 2.75) is 38.6 Å². The fraction of sp³-hybridized carbons (Fsp3) is 0.889. The standard InChI is InChI=1S/C9H18N2O3S/c1-2-6-10-15(13,14)11-7-4-3-5-9(11)8-12/h8-10H,2-7H2,1H3. The monoisotopic (exact) mass is 234 g/mol. The Morgan fingerprint density at radius 2 is 2.20 bits per heavy atom. The highest BCUT2D eigenvalue weighted by Gasteiger charge is 2.31. The van der Waals surface area contributed by atoms with Crippen molar-refractivity contribution in [1.82, 2.24) is 9.03 Å². The van der Waals surface area contributed by atoms with Gasteiger partial charge in [-0.15, -0.1) is 0 Å². The zero-order valence-corrected chi connectivity index (χ0v) is 9.79. The first kappa shape index (κ1) is 12.6. The third-order valence-electron chi connectivity index (χ3n) is 2.50. The van der Waals surface area contributed by atoms with Gasteiger partial charge in [-0.2, -0.15) is 12.7 Å². The molecule has 88 valence electrons. The normalized spacial score (nSPS) is 23.9. The van der Waals surface area contributed by atoms with E-state index in [0.29, 0.717) is 19.5 Å². The summed E-state index contributed by atoms with van der Waals surface area (Å²) in [4.78, 5) is 10.8. The van der Waals surface area contributed by atoms with Crippen molar-refractivity contribution in [1.29, 1.82) is 0 Å². The Kier molecular flexibility index (Phi) is 4.69. The maximum Gasteiger partial charge on any atom is 0.280 e. The molecule has 0 amide bonds. The quantitative estimate of drug-likeness (QED) is 0.695. The molecule has 1 atom stereocenters. The van der Waals surface area contributed by atoms with E-state index in [-0.39, 0.29) is 0 Å². The SMILES string of the molecule is CCCNS(=O)(=O)N1CCCCC1C=O. The van der Waals surface area contributed by atoms with Gasteiger partial charge in [-0.1, -0.05) is 13.3 Å². The molecule has 0 saturated carbocycles. The van der Waals surface area contributed by atoms with Crippen LogP contribution in [0.15, 0.2) is 0 Å². The van der Waals surface area contributed by atoms with Crippen LogP contribution in [0.1, 0.15) is 32.6 Å². The third kappa shape index (κ3) is 3.25. The van der Waals surface area contributed by atoms with Crippen LogP contribution in [0.3, 0.4) is 0 Å². The molecule has 0 aromatic carbocycles. The average Bonchev–Trinajstić information content (AvgIpc) is 2.26. The molecule has 1 aliphatic rings. The Labute approximate surface area is 91.0 Å². The number of hydrogen-bond acceptors (Lipinski definition) is 3. The maximum absolute atomic E-state index is 11.8. The van der Waals surface area contributed by atoms with Gasteiger partial charge in [-0.05, 0) is 19.3 Å². The number of carbonyl (C=O) groups is 1. The lowest BCUT2D eigenvalue weighted by Gasteiger charge is -2.31.